The Labute approximate surface area is 140 Å². The van der Waals surface area contributed by atoms with E-state index in [-0.39, 0.29) is 30.4 Å². The number of halogens is 8. The maximum Gasteiger partial charge on any atom is 0.461 e. The lowest BCUT2D eigenvalue weighted by molar-refractivity contribution is -0.870. The molecule has 0 aliphatic carbocycles. The van der Waals surface area contributed by atoms with E-state index >= 15 is 0 Å². The molecule has 0 radical (unpaired) electrons. The number of quaternary nitrogens is 1. The van der Waals surface area contributed by atoms with E-state index in [1.807, 2.05) is 0 Å². The Morgan fingerprint density at radius 1 is 0.955 bits per heavy atom. The molecule has 0 rings (SSSR count). The van der Waals surface area contributed by atoms with Gasteiger partial charge in [0.25, 0.3) is 10.0 Å². The van der Waals surface area contributed by atoms with Crippen molar-refractivity contribution in [3.63, 3.8) is 0 Å². The Morgan fingerprint density at radius 2 is 1.36 bits per heavy atom. The summed E-state index contributed by atoms with van der Waals surface area (Å²) in [5.41, 5.74) is 0. The van der Waals surface area contributed by atoms with Gasteiger partial charge in [0.2, 0.25) is 0 Å². The van der Waals surface area contributed by atoms with Crippen LogP contribution in [0.2, 0.25) is 0 Å². The van der Waals surface area contributed by atoms with Gasteiger partial charge in [-0.15, -0.1) is 0 Å². The quantitative estimate of drug-likeness (QED) is 0.217. The number of nitrogens with one attached hydrogen (secondary N) is 1. The van der Waals surface area contributed by atoms with Gasteiger partial charge in [-0.3, -0.25) is 0 Å². The molecule has 0 saturated heterocycles. The standard InChI is InChI=1S/C9H16F7N2O2S.HI/c1-18(2,3)6-4-5-17-21(19,20)9(15,16)7(10,11)8(12,13)14;/h17H,4-6H2,1-3H3;1H/q+1;/p-1. The van der Waals surface area contributed by atoms with Crippen LogP contribution in [0.1, 0.15) is 6.42 Å². The maximum absolute atomic E-state index is 13.0. The Kier molecular flexibility index (Phi) is 8.13. The first-order chi connectivity index (χ1) is 8.96. The third kappa shape index (κ3) is 5.63. The van der Waals surface area contributed by atoms with Gasteiger partial charge in [-0.05, 0) is 0 Å². The van der Waals surface area contributed by atoms with Crippen molar-refractivity contribution in [2.45, 2.75) is 23.8 Å². The molecule has 1 N–H and O–H groups in total. The van der Waals surface area contributed by atoms with Gasteiger partial charge in [0.1, 0.15) is 0 Å². The zero-order valence-corrected chi connectivity index (χ0v) is 14.8. The molecule has 0 atom stereocenters. The summed E-state index contributed by atoms with van der Waals surface area (Å²) in [7, 11) is -1.09. The second kappa shape index (κ2) is 7.34. The van der Waals surface area contributed by atoms with E-state index in [0.29, 0.717) is 11.0 Å². The Hall–Kier alpha value is 0.110. The second-order valence-corrected chi connectivity index (χ2v) is 7.16. The molecule has 0 aromatic heterocycles. The Morgan fingerprint density at radius 3 is 1.68 bits per heavy atom. The van der Waals surface area contributed by atoms with Crippen molar-refractivity contribution in [2.24, 2.45) is 0 Å². The summed E-state index contributed by atoms with van der Waals surface area (Å²) in [4.78, 5) is 0. The van der Waals surface area contributed by atoms with E-state index in [0.717, 1.165) is 4.72 Å². The molecule has 4 nitrogen and oxygen atoms in total. The topological polar surface area (TPSA) is 46.2 Å². The average molecular weight is 476 g/mol. The van der Waals surface area contributed by atoms with Crippen LogP contribution in [0.15, 0.2) is 0 Å². The summed E-state index contributed by atoms with van der Waals surface area (Å²) >= 11 is 0. The summed E-state index contributed by atoms with van der Waals surface area (Å²) in [6.07, 6.45) is -6.70. The number of sulfonamides is 1. The summed E-state index contributed by atoms with van der Waals surface area (Å²) in [5.74, 6) is -6.69. The highest BCUT2D eigenvalue weighted by atomic mass is 127. The number of hydrogen-bond donors (Lipinski definition) is 1. The van der Waals surface area contributed by atoms with Crippen molar-refractivity contribution < 1.29 is 67.6 Å². The Balaban J connectivity index is 0. The number of rotatable bonds is 7. The van der Waals surface area contributed by atoms with Gasteiger partial charge in [-0.1, -0.05) is 0 Å². The normalized spacial score (nSPS) is 14.6. The fourth-order valence-electron chi connectivity index (χ4n) is 1.18. The van der Waals surface area contributed by atoms with Gasteiger partial charge >= 0.3 is 17.4 Å². The molecule has 0 aliphatic rings. The van der Waals surface area contributed by atoms with Gasteiger partial charge in [0.15, 0.2) is 0 Å². The highest BCUT2D eigenvalue weighted by molar-refractivity contribution is 7.90. The molecule has 0 bridgehead atoms. The lowest BCUT2D eigenvalue weighted by Gasteiger charge is -2.28. The van der Waals surface area contributed by atoms with Crippen LogP contribution in [0.4, 0.5) is 30.7 Å². The van der Waals surface area contributed by atoms with Gasteiger partial charge in [-0.2, -0.15) is 30.7 Å². The number of nitrogens with zero attached hydrogens (tertiary/aromatic N) is 1. The first-order valence-corrected chi connectivity index (χ1v) is 7.06. The van der Waals surface area contributed by atoms with Crippen LogP contribution >= 0.6 is 0 Å². The van der Waals surface area contributed by atoms with Gasteiger partial charge < -0.3 is 28.5 Å². The summed E-state index contributed by atoms with van der Waals surface area (Å²) < 4.78 is 110. The molecule has 136 valence electrons. The predicted octanol–water partition coefficient (Wildman–Crippen LogP) is -1.20. The third-order valence-electron chi connectivity index (χ3n) is 2.36. The minimum atomic E-state index is -6.69. The molecule has 13 heteroatoms. The molecule has 0 saturated carbocycles. The SMILES string of the molecule is C[N+](C)(C)CCCNS(=O)(=O)C(F)(F)C(F)(F)C(F)(F)F.[I-]. The molecule has 0 aliphatic heterocycles. The molecule has 0 fully saturated rings. The van der Waals surface area contributed by atoms with Crippen molar-refractivity contribution in [3.8, 4) is 0 Å². The van der Waals surface area contributed by atoms with Crippen LogP contribution in [0.3, 0.4) is 0 Å². The van der Waals surface area contributed by atoms with Crippen molar-refractivity contribution in [2.75, 3.05) is 34.2 Å². The molecular weight excluding hydrogens is 460 g/mol. The van der Waals surface area contributed by atoms with E-state index in [9.17, 15) is 39.2 Å². The van der Waals surface area contributed by atoms with Crippen LogP contribution in [-0.2, 0) is 10.0 Å². The van der Waals surface area contributed by atoms with Crippen LogP contribution in [0, 0.1) is 0 Å². The smallest absolute Gasteiger partial charge is 0.461 e. The minimum Gasteiger partial charge on any atom is -1.00 e. The molecule has 0 unspecified atom stereocenters. The zero-order valence-electron chi connectivity index (χ0n) is 11.8. The van der Waals surface area contributed by atoms with E-state index in [1.165, 1.54) is 0 Å². The third-order valence-corrected chi connectivity index (χ3v) is 3.87. The molecule has 0 aromatic rings. The van der Waals surface area contributed by atoms with Gasteiger partial charge in [0.05, 0.1) is 27.7 Å². The number of alkyl halides is 7. The van der Waals surface area contributed by atoms with Crippen LogP contribution in [0.5, 0.6) is 0 Å². The highest BCUT2D eigenvalue weighted by Crippen LogP contribution is 2.48. The first-order valence-electron chi connectivity index (χ1n) is 5.58. The molecule has 0 amide bonds. The van der Waals surface area contributed by atoms with Gasteiger partial charge in [0, 0.05) is 13.0 Å². The van der Waals surface area contributed by atoms with E-state index in [1.54, 1.807) is 21.1 Å². The van der Waals surface area contributed by atoms with Crippen LogP contribution in [-0.4, -0.2) is 64.5 Å². The molecule has 0 aromatic carbocycles. The van der Waals surface area contributed by atoms with Crippen molar-refractivity contribution in [1.82, 2.24) is 4.72 Å². The predicted molar refractivity (Wildman–Crippen MR) is 60.4 cm³/mol. The second-order valence-electron chi connectivity index (χ2n) is 5.35. The summed E-state index contributed by atoms with van der Waals surface area (Å²) in [6.45, 7) is -0.384. The number of hydrogen-bond acceptors (Lipinski definition) is 2. The lowest BCUT2D eigenvalue weighted by atomic mass is 10.3. The van der Waals surface area contributed by atoms with E-state index in [2.05, 4.69) is 0 Å². The molecule has 22 heavy (non-hydrogen) atoms. The van der Waals surface area contributed by atoms with Gasteiger partial charge in [-0.25, -0.2) is 13.1 Å². The molecular formula is C9H16F7IN2O2S. The van der Waals surface area contributed by atoms with E-state index < -0.39 is 33.9 Å². The summed E-state index contributed by atoms with van der Waals surface area (Å²) in [6, 6.07) is 0. The molecule has 0 heterocycles. The largest absolute Gasteiger partial charge is 1.00 e. The summed E-state index contributed by atoms with van der Waals surface area (Å²) in [5, 5.41) is -6.30. The van der Waals surface area contributed by atoms with Crippen molar-refractivity contribution >= 4 is 10.0 Å². The highest BCUT2D eigenvalue weighted by Gasteiger charge is 2.78. The first kappa shape index (κ1) is 24.4. The van der Waals surface area contributed by atoms with Crippen molar-refractivity contribution in [3.05, 3.63) is 0 Å². The van der Waals surface area contributed by atoms with Crippen molar-refractivity contribution in [1.29, 1.82) is 0 Å². The lowest BCUT2D eigenvalue weighted by Crippen LogP contribution is -3.00. The Bertz CT molecular complexity index is 460. The fourth-order valence-corrected chi connectivity index (χ4v) is 2.23. The average Bonchev–Trinajstić information content (AvgIpc) is 2.21. The monoisotopic (exact) mass is 476 g/mol. The van der Waals surface area contributed by atoms with E-state index in [4.69, 9.17) is 0 Å². The molecule has 0 spiro atoms. The maximum atomic E-state index is 13.0. The van der Waals surface area contributed by atoms with Crippen LogP contribution in [0.25, 0.3) is 0 Å². The zero-order chi connectivity index (χ0) is 17.3. The van der Waals surface area contributed by atoms with Crippen LogP contribution < -0.4 is 28.7 Å². The minimum absolute atomic E-state index is 0. The fraction of sp³-hybridized carbons (Fsp3) is 1.00.